The molecule has 1 amide bonds. The molecular formula is C13H16N4O. The van der Waals surface area contributed by atoms with E-state index in [0.717, 1.165) is 16.8 Å². The lowest BCUT2D eigenvalue weighted by molar-refractivity contribution is -0.117. The second-order valence-electron chi connectivity index (χ2n) is 4.20. The smallest absolute Gasteiger partial charge is 0.247 e. The third-order valence-corrected chi connectivity index (χ3v) is 2.94. The van der Waals surface area contributed by atoms with Gasteiger partial charge in [-0.05, 0) is 19.4 Å². The van der Waals surface area contributed by atoms with Crippen molar-refractivity contribution in [3.05, 3.63) is 47.2 Å². The summed E-state index contributed by atoms with van der Waals surface area (Å²) in [6.07, 6.45) is 0. The zero-order chi connectivity index (χ0) is 13.1. The first kappa shape index (κ1) is 12.3. The first-order chi connectivity index (χ1) is 8.59. The summed E-state index contributed by atoms with van der Waals surface area (Å²) >= 11 is 0. The summed E-state index contributed by atoms with van der Waals surface area (Å²) in [4.78, 5) is 12.0. The number of hydrogen-bond acceptors (Lipinski definition) is 3. The van der Waals surface area contributed by atoms with Gasteiger partial charge in [-0.2, -0.15) is 5.10 Å². The molecule has 1 heterocycles. The molecule has 18 heavy (non-hydrogen) atoms. The fraction of sp³-hybridized carbons (Fsp3) is 0.231. The molecule has 1 atom stereocenters. The molecule has 0 radical (unpaired) electrons. The largest absolute Gasteiger partial charge is 0.316 e. The molecule has 5 nitrogen and oxygen atoms in total. The molecule has 0 aliphatic heterocycles. The van der Waals surface area contributed by atoms with Crippen LogP contribution in [0, 0.1) is 13.8 Å². The van der Waals surface area contributed by atoms with Crippen LogP contribution >= 0.6 is 0 Å². The van der Waals surface area contributed by atoms with Crippen LogP contribution in [0.15, 0.2) is 30.3 Å². The van der Waals surface area contributed by atoms with Gasteiger partial charge in [0.05, 0.1) is 0 Å². The lowest BCUT2D eigenvalue weighted by atomic mass is 10.1. The summed E-state index contributed by atoms with van der Waals surface area (Å²) < 4.78 is 0. The van der Waals surface area contributed by atoms with E-state index >= 15 is 0 Å². The first-order valence-electron chi connectivity index (χ1n) is 5.72. The lowest BCUT2D eigenvalue weighted by Gasteiger charge is -2.11. The highest BCUT2D eigenvalue weighted by atomic mass is 16.2. The van der Waals surface area contributed by atoms with Gasteiger partial charge in [-0.25, -0.2) is 0 Å². The Labute approximate surface area is 105 Å². The highest BCUT2D eigenvalue weighted by molar-refractivity contribution is 5.95. The Kier molecular flexibility index (Phi) is 3.43. The normalized spacial score (nSPS) is 12.2. The summed E-state index contributed by atoms with van der Waals surface area (Å²) in [7, 11) is 0. The molecule has 0 saturated heterocycles. The van der Waals surface area contributed by atoms with Crippen LogP contribution in [0.25, 0.3) is 0 Å². The number of nitrogens with one attached hydrogen (secondary N) is 2. The fourth-order valence-corrected chi connectivity index (χ4v) is 1.61. The molecule has 0 fully saturated rings. The van der Waals surface area contributed by atoms with E-state index in [9.17, 15) is 4.79 Å². The van der Waals surface area contributed by atoms with Crippen LogP contribution in [0.4, 0.5) is 5.82 Å². The maximum absolute atomic E-state index is 12.0. The third kappa shape index (κ3) is 2.41. The Bertz CT molecular complexity index is 547. The van der Waals surface area contributed by atoms with Gasteiger partial charge in [-0.15, -0.1) is 0 Å². The van der Waals surface area contributed by atoms with Crippen molar-refractivity contribution in [2.24, 2.45) is 5.73 Å². The van der Waals surface area contributed by atoms with Gasteiger partial charge in [0.2, 0.25) is 5.91 Å². The predicted molar refractivity (Wildman–Crippen MR) is 70.1 cm³/mol. The summed E-state index contributed by atoms with van der Waals surface area (Å²) in [6, 6.07) is 8.55. The highest BCUT2D eigenvalue weighted by Gasteiger charge is 2.17. The van der Waals surface area contributed by atoms with Crippen LogP contribution in [0.5, 0.6) is 0 Å². The molecule has 94 valence electrons. The molecule has 2 rings (SSSR count). The maximum Gasteiger partial charge on any atom is 0.247 e. The number of aromatic nitrogens is 2. The van der Waals surface area contributed by atoms with E-state index in [1.54, 1.807) is 0 Å². The minimum absolute atomic E-state index is 0.268. The molecule has 2 aromatic rings. The molecule has 0 unspecified atom stereocenters. The zero-order valence-corrected chi connectivity index (χ0v) is 10.4. The average Bonchev–Trinajstić information content (AvgIpc) is 2.71. The van der Waals surface area contributed by atoms with Crippen molar-refractivity contribution in [2.75, 3.05) is 5.32 Å². The summed E-state index contributed by atoms with van der Waals surface area (Å²) in [5.74, 6) is 0.264. The standard InChI is InChI=1S/C13H16N4O/c1-8-9(2)16-17-12(8)15-13(18)11(14)10-6-4-3-5-7-10/h3-7,11H,14H2,1-2H3,(H2,15,16,17,18)/t11-/m1/s1. The van der Waals surface area contributed by atoms with Crippen molar-refractivity contribution in [3.63, 3.8) is 0 Å². The number of benzene rings is 1. The lowest BCUT2D eigenvalue weighted by Crippen LogP contribution is -2.28. The number of hydrogen-bond donors (Lipinski definition) is 3. The number of anilines is 1. The molecule has 4 N–H and O–H groups in total. The van der Waals surface area contributed by atoms with Crippen molar-refractivity contribution < 1.29 is 4.79 Å². The van der Waals surface area contributed by atoms with Crippen molar-refractivity contribution in [2.45, 2.75) is 19.9 Å². The summed E-state index contributed by atoms with van der Waals surface area (Å²) in [6.45, 7) is 3.79. The number of carbonyl (C=O) groups excluding carboxylic acids is 1. The van der Waals surface area contributed by atoms with Gasteiger partial charge in [-0.3, -0.25) is 9.89 Å². The van der Waals surface area contributed by atoms with E-state index in [0.29, 0.717) is 5.82 Å². The predicted octanol–water partition coefficient (Wildman–Crippen LogP) is 1.67. The number of aryl methyl sites for hydroxylation is 1. The van der Waals surface area contributed by atoms with Gasteiger partial charge in [0.15, 0.2) is 5.82 Å². The maximum atomic E-state index is 12.0. The van der Waals surface area contributed by atoms with Gasteiger partial charge in [0, 0.05) is 11.3 Å². The molecule has 5 heteroatoms. The second kappa shape index (κ2) is 5.01. The van der Waals surface area contributed by atoms with Crippen LogP contribution < -0.4 is 11.1 Å². The molecule has 0 aliphatic rings. The fourth-order valence-electron chi connectivity index (χ4n) is 1.61. The van der Waals surface area contributed by atoms with Gasteiger partial charge >= 0.3 is 0 Å². The van der Waals surface area contributed by atoms with E-state index in [2.05, 4.69) is 15.5 Å². The van der Waals surface area contributed by atoms with Crippen LogP contribution in [0.1, 0.15) is 22.9 Å². The number of rotatable bonds is 3. The zero-order valence-electron chi connectivity index (χ0n) is 10.4. The number of aromatic amines is 1. The van der Waals surface area contributed by atoms with Gasteiger partial charge in [-0.1, -0.05) is 30.3 Å². The van der Waals surface area contributed by atoms with Gasteiger partial charge in [0.25, 0.3) is 0 Å². The molecule has 1 aromatic heterocycles. The van der Waals surface area contributed by atoms with E-state index in [4.69, 9.17) is 5.73 Å². The Morgan fingerprint density at radius 3 is 2.56 bits per heavy atom. The van der Waals surface area contributed by atoms with Crippen molar-refractivity contribution >= 4 is 11.7 Å². The minimum Gasteiger partial charge on any atom is -0.316 e. The second-order valence-corrected chi connectivity index (χ2v) is 4.20. The Hall–Kier alpha value is -2.14. The number of amides is 1. The molecule has 0 spiro atoms. The third-order valence-electron chi connectivity index (χ3n) is 2.94. The number of carbonyl (C=O) groups is 1. The molecular weight excluding hydrogens is 228 g/mol. The Morgan fingerprint density at radius 1 is 1.33 bits per heavy atom. The molecule has 0 bridgehead atoms. The van der Waals surface area contributed by atoms with Gasteiger partial charge < -0.3 is 11.1 Å². The Balaban J connectivity index is 2.11. The monoisotopic (exact) mass is 244 g/mol. The first-order valence-corrected chi connectivity index (χ1v) is 5.72. The minimum atomic E-state index is -0.692. The van der Waals surface area contributed by atoms with Crippen LogP contribution in [-0.4, -0.2) is 16.1 Å². The average molecular weight is 244 g/mol. The summed E-state index contributed by atoms with van der Waals surface area (Å²) in [5.41, 5.74) is 8.52. The van der Waals surface area contributed by atoms with E-state index in [-0.39, 0.29) is 5.91 Å². The molecule has 1 aromatic carbocycles. The highest BCUT2D eigenvalue weighted by Crippen LogP contribution is 2.16. The van der Waals surface area contributed by atoms with Gasteiger partial charge in [0.1, 0.15) is 6.04 Å². The molecule has 0 saturated carbocycles. The molecule has 0 aliphatic carbocycles. The van der Waals surface area contributed by atoms with Crippen molar-refractivity contribution in [1.29, 1.82) is 0 Å². The topological polar surface area (TPSA) is 83.8 Å². The van der Waals surface area contributed by atoms with Crippen LogP contribution in [0.3, 0.4) is 0 Å². The number of H-pyrrole nitrogens is 1. The van der Waals surface area contributed by atoms with Crippen molar-refractivity contribution in [3.8, 4) is 0 Å². The number of nitrogens with two attached hydrogens (primary N) is 1. The SMILES string of the molecule is Cc1[nH]nc(NC(=O)[C@H](N)c2ccccc2)c1C. The van der Waals surface area contributed by atoms with E-state index < -0.39 is 6.04 Å². The van der Waals surface area contributed by atoms with E-state index in [1.165, 1.54) is 0 Å². The number of nitrogens with zero attached hydrogens (tertiary/aromatic N) is 1. The van der Waals surface area contributed by atoms with Crippen molar-refractivity contribution in [1.82, 2.24) is 10.2 Å². The van der Waals surface area contributed by atoms with Crippen LogP contribution in [0.2, 0.25) is 0 Å². The summed E-state index contributed by atoms with van der Waals surface area (Å²) in [5, 5.41) is 9.56. The van der Waals surface area contributed by atoms with E-state index in [1.807, 2.05) is 44.2 Å². The Morgan fingerprint density at radius 2 is 2.00 bits per heavy atom. The van der Waals surface area contributed by atoms with Crippen LogP contribution in [-0.2, 0) is 4.79 Å². The quantitative estimate of drug-likeness (QED) is 0.767.